The van der Waals surface area contributed by atoms with Crippen LogP contribution >= 0.6 is 11.8 Å². The number of nitrogens with zero attached hydrogens (tertiary/aromatic N) is 3. The molecular weight excluding hydrogens is 314 g/mol. The molecule has 7 nitrogen and oxygen atoms in total. The summed E-state index contributed by atoms with van der Waals surface area (Å²) in [7, 11) is -2.92. The van der Waals surface area contributed by atoms with Crippen molar-refractivity contribution in [1.29, 1.82) is 0 Å². The highest BCUT2D eigenvalue weighted by molar-refractivity contribution is 7.99. The van der Waals surface area contributed by atoms with Crippen LogP contribution < -0.4 is 0 Å². The number of rotatable bonds is 5. The Balaban J connectivity index is 1.47. The van der Waals surface area contributed by atoms with E-state index in [4.69, 9.17) is 9.15 Å². The molecule has 2 saturated heterocycles. The molecule has 118 valence electrons. The predicted octanol–water partition coefficient (Wildman–Crippen LogP) is 0.396. The Kier molecular flexibility index (Phi) is 4.82. The third-order valence-corrected chi connectivity index (χ3v) is 6.31. The normalized spacial score (nSPS) is 26.2. The average molecular weight is 333 g/mol. The molecule has 1 atom stereocenters. The Labute approximate surface area is 128 Å². The molecule has 0 saturated carbocycles. The largest absolute Gasteiger partial charge is 0.416 e. The minimum Gasteiger partial charge on any atom is -0.416 e. The van der Waals surface area contributed by atoms with Crippen LogP contribution in [-0.2, 0) is 14.6 Å². The third kappa shape index (κ3) is 4.18. The second-order valence-electron chi connectivity index (χ2n) is 5.31. The van der Waals surface area contributed by atoms with Gasteiger partial charge in [0.2, 0.25) is 5.89 Å². The number of hydrogen-bond acceptors (Lipinski definition) is 8. The Hall–Kier alpha value is -0.640. The summed E-state index contributed by atoms with van der Waals surface area (Å²) in [6.07, 6.45) is 0.586. The molecule has 21 heavy (non-hydrogen) atoms. The van der Waals surface area contributed by atoms with Gasteiger partial charge in [-0.15, -0.1) is 10.2 Å². The zero-order valence-corrected chi connectivity index (χ0v) is 13.4. The number of thioether (sulfide) groups is 1. The molecule has 0 radical (unpaired) electrons. The summed E-state index contributed by atoms with van der Waals surface area (Å²) in [5.41, 5.74) is 0. The highest BCUT2D eigenvalue weighted by atomic mass is 32.2. The summed E-state index contributed by atoms with van der Waals surface area (Å²) >= 11 is 1.52. The first-order valence-electron chi connectivity index (χ1n) is 7.09. The maximum Gasteiger partial charge on any atom is 0.276 e. The van der Waals surface area contributed by atoms with Crippen LogP contribution in [0, 0.1) is 0 Å². The van der Waals surface area contributed by atoms with E-state index in [-0.39, 0.29) is 17.4 Å². The molecule has 0 amide bonds. The van der Waals surface area contributed by atoms with E-state index in [0.29, 0.717) is 17.5 Å². The van der Waals surface area contributed by atoms with Gasteiger partial charge in [-0.05, 0) is 6.42 Å². The van der Waals surface area contributed by atoms with E-state index in [9.17, 15) is 8.42 Å². The molecule has 2 fully saturated rings. The molecule has 1 aromatic heterocycles. The van der Waals surface area contributed by atoms with Gasteiger partial charge in [0.15, 0.2) is 9.84 Å². The van der Waals surface area contributed by atoms with Gasteiger partial charge in [0.1, 0.15) is 0 Å². The van der Waals surface area contributed by atoms with Crippen LogP contribution in [0.4, 0.5) is 0 Å². The highest BCUT2D eigenvalue weighted by Crippen LogP contribution is 2.29. The first kappa shape index (κ1) is 15.3. The lowest BCUT2D eigenvalue weighted by molar-refractivity contribution is 0.0410. The van der Waals surface area contributed by atoms with Crippen molar-refractivity contribution < 1.29 is 17.6 Å². The minimum absolute atomic E-state index is 0.129. The van der Waals surface area contributed by atoms with Crippen molar-refractivity contribution in [2.75, 3.05) is 50.1 Å². The van der Waals surface area contributed by atoms with Gasteiger partial charge in [-0.1, -0.05) is 11.8 Å². The molecule has 2 aliphatic heterocycles. The van der Waals surface area contributed by atoms with Crippen molar-refractivity contribution in [3.8, 4) is 0 Å². The van der Waals surface area contributed by atoms with E-state index < -0.39 is 9.84 Å². The van der Waals surface area contributed by atoms with Crippen molar-refractivity contribution in [3.05, 3.63) is 5.89 Å². The third-order valence-electron chi connectivity index (χ3n) is 3.74. The summed E-state index contributed by atoms with van der Waals surface area (Å²) in [5, 5.41) is 8.52. The van der Waals surface area contributed by atoms with E-state index in [1.54, 1.807) is 0 Å². The quantitative estimate of drug-likeness (QED) is 0.716. The fraction of sp³-hybridized carbons (Fsp3) is 0.833. The SMILES string of the molecule is O=S1(=O)CC[C@@H](c2nnc(SCCN3CCOCC3)o2)C1. The van der Waals surface area contributed by atoms with Gasteiger partial charge in [0.05, 0.1) is 30.6 Å². The number of ether oxygens (including phenoxy) is 1. The highest BCUT2D eigenvalue weighted by Gasteiger charge is 2.32. The Morgan fingerprint density at radius 1 is 1.29 bits per heavy atom. The summed E-state index contributed by atoms with van der Waals surface area (Å²) in [5.74, 6) is 1.57. The van der Waals surface area contributed by atoms with Crippen LogP contribution in [0.1, 0.15) is 18.2 Å². The Bertz CT molecular complexity index is 569. The maximum absolute atomic E-state index is 11.5. The van der Waals surface area contributed by atoms with Crippen molar-refractivity contribution in [2.45, 2.75) is 17.6 Å². The van der Waals surface area contributed by atoms with E-state index >= 15 is 0 Å². The second-order valence-corrected chi connectivity index (χ2v) is 8.58. The number of sulfone groups is 1. The summed E-state index contributed by atoms with van der Waals surface area (Å²) in [6, 6.07) is 0. The van der Waals surface area contributed by atoms with Crippen LogP contribution in [0.5, 0.6) is 0 Å². The molecule has 9 heteroatoms. The van der Waals surface area contributed by atoms with Gasteiger partial charge in [-0.25, -0.2) is 8.42 Å². The fourth-order valence-corrected chi connectivity index (χ4v) is 5.02. The summed E-state index contributed by atoms with van der Waals surface area (Å²) in [6.45, 7) is 4.49. The zero-order chi connectivity index (χ0) is 14.7. The molecule has 0 N–H and O–H groups in total. The fourth-order valence-electron chi connectivity index (χ4n) is 2.52. The van der Waals surface area contributed by atoms with Gasteiger partial charge >= 0.3 is 0 Å². The molecule has 0 unspecified atom stereocenters. The zero-order valence-electron chi connectivity index (χ0n) is 11.7. The molecule has 2 aliphatic rings. The van der Waals surface area contributed by atoms with Gasteiger partial charge in [-0.3, -0.25) is 4.90 Å². The van der Waals surface area contributed by atoms with Crippen molar-refractivity contribution >= 4 is 21.6 Å². The molecule has 0 aromatic carbocycles. The number of hydrogen-bond donors (Lipinski definition) is 0. The summed E-state index contributed by atoms with van der Waals surface area (Å²) in [4.78, 5) is 2.34. The molecule has 0 spiro atoms. The molecule has 3 heterocycles. The maximum atomic E-state index is 11.5. The van der Waals surface area contributed by atoms with Crippen LogP contribution in [0.25, 0.3) is 0 Å². The lowest BCUT2D eigenvalue weighted by Crippen LogP contribution is -2.37. The molecule has 1 aromatic rings. The predicted molar refractivity (Wildman–Crippen MR) is 78.3 cm³/mol. The number of morpholine rings is 1. The Morgan fingerprint density at radius 2 is 2.10 bits per heavy atom. The van der Waals surface area contributed by atoms with Gasteiger partial charge in [0, 0.05) is 25.4 Å². The smallest absolute Gasteiger partial charge is 0.276 e. The number of aromatic nitrogens is 2. The molecule has 3 rings (SSSR count). The van der Waals surface area contributed by atoms with Gasteiger partial charge < -0.3 is 9.15 Å². The van der Waals surface area contributed by atoms with Crippen molar-refractivity contribution in [1.82, 2.24) is 15.1 Å². The monoisotopic (exact) mass is 333 g/mol. The van der Waals surface area contributed by atoms with Gasteiger partial charge in [-0.2, -0.15) is 0 Å². The molecular formula is C12H19N3O4S2. The molecule has 0 aliphatic carbocycles. The topological polar surface area (TPSA) is 85.5 Å². The lowest BCUT2D eigenvalue weighted by Gasteiger charge is -2.25. The minimum atomic E-state index is -2.92. The van der Waals surface area contributed by atoms with Gasteiger partial charge in [0.25, 0.3) is 5.22 Å². The lowest BCUT2D eigenvalue weighted by atomic mass is 10.1. The first-order chi connectivity index (χ1) is 10.1. The second kappa shape index (κ2) is 6.64. The van der Waals surface area contributed by atoms with Crippen molar-refractivity contribution in [2.24, 2.45) is 0 Å². The standard InChI is InChI=1S/C12H19N3O4S2/c16-21(17)8-1-10(9-21)11-13-14-12(19-11)20-7-4-15-2-5-18-6-3-15/h10H,1-9H2/t10-/m1/s1. The average Bonchev–Trinajstić information content (AvgIpc) is 3.06. The van der Waals surface area contributed by atoms with Crippen LogP contribution in [0.3, 0.4) is 0 Å². The Morgan fingerprint density at radius 3 is 2.81 bits per heavy atom. The first-order valence-corrected chi connectivity index (χ1v) is 9.90. The van der Waals surface area contributed by atoms with E-state index in [1.807, 2.05) is 0 Å². The molecule has 0 bridgehead atoms. The van der Waals surface area contributed by atoms with E-state index in [1.165, 1.54) is 11.8 Å². The van der Waals surface area contributed by atoms with Crippen molar-refractivity contribution in [3.63, 3.8) is 0 Å². The van der Waals surface area contributed by atoms with E-state index in [0.717, 1.165) is 38.6 Å². The van der Waals surface area contributed by atoms with Crippen LogP contribution in [0.2, 0.25) is 0 Å². The van der Waals surface area contributed by atoms with Crippen LogP contribution in [-0.4, -0.2) is 73.6 Å². The summed E-state index contributed by atoms with van der Waals surface area (Å²) < 4.78 is 33.8. The van der Waals surface area contributed by atoms with Crippen LogP contribution in [0.15, 0.2) is 9.64 Å². The van der Waals surface area contributed by atoms with E-state index in [2.05, 4.69) is 15.1 Å².